The Kier molecular flexibility index (Phi) is 4.90. The van der Waals surface area contributed by atoms with E-state index in [0.717, 1.165) is 28.5 Å². The Morgan fingerprint density at radius 2 is 1.90 bits per heavy atom. The Morgan fingerprint density at radius 3 is 2.55 bits per heavy atom. The van der Waals surface area contributed by atoms with E-state index in [1.54, 1.807) is 12.1 Å². The summed E-state index contributed by atoms with van der Waals surface area (Å²) in [6, 6.07) is 10.9. The number of benzene rings is 2. The first-order chi connectivity index (χ1) is 9.63. The number of rotatable bonds is 6. The highest BCUT2D eigenvalue weighted by Gasteiger charge is 2.19. The van der Waals surface area contributed by atoms with E-state index in [4.69, 9.17) is 0 Å². The van der Waals surface area contributed by atoms with Crippen LogP contribution in [-0.4, -0.2) is 21.4 Å². The lowest BCUT2D eigenvalue weighted by molar-refractivity contribution is -0.136. The molecule has 0 spiro atoms. The third kappa shape index (κ3) is 3.25. The number of carboxylic acid groups (broad SMARTS) is 1. The van der Waals surface area contributed by atoms with E-state index >= 15 is 0 Å². The van der Waals surface area contributed by atoms with Gasteiger partial charge in [-0.15, -0.1) is 11.8 Å². The number of phenols is 1. The van der Waals surface area contributed by atoms with Crippen LogP contribution in [-0.2, 0) is 4.79 Å². The Balaban J connectivity index is 2.32. The zero-order valence-electron chi connectivity index (χ0n) is 11.4. The summed E-state index contributed by atoms with van der Waals surface area (Å²) in [5.41, 5.74) is 0. The topological polar surface area (TPSA) is 57.5 Å². The molecular weight excluding hydrogens is 272 g/mol. The van der Waals surface area contributed by atoms with E-state index in [9.17, 15) is 15.0 Å². The lowest BCUT2D eigenvalue weighted by Gasteiger charge is -2.13. The summed E-state index contributed by atoms with van der Waals surface area (Å²) in [5.74, 6) is -0.550. The van der Waals surface area contributed by atoms with Crippen LogP contribution in [0.4, 0.5) is 0 Å². The van der Waals surface area contributed by atoms with Crippen molar-refractivity contribution in [1.82, 2.24) is 0 Å². The Bertz CT molecular complexity index is 610. The lowest BCUT2D eigenvalue weighted by atomic mass is 10.1. The summed E-state index contributed by atoms with van der Waals surface area (Å²) in [5, 5.41) is 20.4. The van der Waals surface area contributed by atoms with Gasteiger partial charge in [-0.1, -0.05) is 44.0 Å². The van der Waals surface area contributed by atoms with Gasteiger partial charge < -0.3 is 10.2 Å². The summed E-state index contributed by atoms with van der Waals surface area (Å²) < 4.78 is 0. The number of carbonyl (C=O) groups is 1. The molecule has 2 rings (SSSR count). The number of phenolic OH excluding ortho intramolecular Hbond substituents is 1. The number of hydrogen-bond donors (Lipinski definition) is 2. The number of carboxylic acids is 1. The minimum atomic E-state index is -0.777. The Hall–Kier alpha value is -1.68. The van der Waals surface area contributed by atoms with Gasteiger partial charge in [-0.25, -0.2) is 0 Å². The first-order valence-electron chi connectivity index (χ1n) is 6.73. The molecule has 0 saturated carbocycles. The maximum atomic E-state index is 11.3. The van der Waals surface area contributed by atoms with E-state index in [-0.39, 0.29) is 5.75 Å². The molecule has 0 fully saturated rings. The van der Waals surface area contributed by atoms with Crippen molar-refractivity contribution in [3.05, 3.63) is 36.4 Å². The van der Waals surface area contributed by atoms with Gasteiger partial charge in [0.05, 0.1) is 0 Å². The number of fused-ring (bicyclic) bond motifs is 1. The van der Waals surface area contributed by atoms with Gasteiger partial charge in [0.1, 0.15) is 11.0 Å². The Labute approximate surface area is 122 Å². The van der Waals surface area contributed by atoms with E-state index < -0.39 is 11.2 Å². The van der Waals surface area contributed by atoms with Crippen LogP contribution >= 0.6 is 11.8 Å². The van der Waals surface area contributed by atoms with Crippen LogP contribution < -0.4 is 0 Å². The molecule has 0 amide bonds. The molecule has 2 N–H and O–H groups in total. The maximum Gasteiger partial charge on any atom is 0.316 e. The standard InChI is InChI=1S/C16H18O3S/c1-2-3-8-15(16(18)19)20-14-10-9-13(17)11-6-4-5-7-12(11)14/h4-7,9-10,15,17H,2-3,8H2,1H3,(H,18,19). The molecule has 20 heavy (non-hydrogen) atoms. The van der Waals surface area contributed by atoms with Crippen molar-refractivity contribution < 1.29 is 15.0 Å². The van der Waals surface area contributed by atoms with E-state index in [2.05, 4.69) is 6.92 Å². The van der Waals surface area contributed by atoms with Crippen molar-refractivity contribution in [3.63, 3.8) is 0 Å². The third-order valence-electron chi connectivity index (χ3n) is 3.23. The largest absolute Gasteiger partial charge is 0.507 e. The molecule has 0 aliphatic carbocycles. The number of unbranched alkanes of at least 4 members (excludes halogenated alkanes) is 1. The van der Waals surface area contributed by atoms with Gasteiger partial charge >= 0.3 is 5.97 Å². The van der Waals surface area contributed by atoms with Gasteiger partial charge in [-0.05, 0) is 23.9 Å². The molecule has 0 aliphatic rings. The van der Waals surface area contributed by atoms with Crippen LogP contribution in [0.25, 0.3) is 10.8 Å². The Morgan fingerprint density at radius 1 is 1.20 bits per heavy atom. The van der Waals surface area contributed by atoms with Crippen LogP contribution in [0.3, 0.4) is 0 Å². The van der Waals surface area contributed by atoms with Crippen molar-refractivity contribution in [2.75, 3.05) is 0 Å². The average molecular weight is 290 g/mol. The second kappa shape index (κ2) is 6.66. The predicted octanol–water partition coefficient (Wildman–Crippen LogP) is 4.28. The number of aromatic hydroxyl groups is 1. The molecule has 0 aromatic heterocycles. The van der Waals surface area contributed by atoms with Crippen LogP contribution in [0.15, 0.2) is 41.3 Å². The van der Waals surface area contributed by atoms with Crippen molar-refractivity contribution >= 4 is 28.5 Å². The summed E-state index contributed by atoms with van der Waals surface area (Å²) >= 11 is 1.36. The number of thioether (sulfide) groups is 1. The summed E-state index contributed by atoms with van der Waals surface area (Å²) in [6.07, 6.45) is 2.55. The quantitative estimate of drug-likeness (QED) is 0.780. The predicted molar refractivity (Wildman–Crippen MR) is 82.4 cm³/mol. The fourth-order valence-corrected chi connectivity index (χ4v) is 3.28. The first-order valence-corrected chi connectivity index (χ1v) is 7.61. The molecule has 4 heteroatoms. The third-order valence-corrected chi connectivity index (χ3v) is 4.56. The molecular formula is C16H18O3S. The summed E-state index contributed by atoms with van der Waals surface area (Å²) in [4.78, 5) is 12.2. The zero-order chi connectivity index (χ0) is 14.5. The second-order valence-corrected chi connectivity index (χ2v) is 5.96. The number of hydrogen-bond acceptors (Lipinski definition) is 3. The average Bonchev–Trinajstić information content (AvgIpc) is 2.45. The molecule has 3 nitrogen and oxygen atoms in total. The SMILES string of the molecule is CCCCC(Sc1ccc(O)c2ccccc12)C(=O)O. The van der Waals surface area contributed by atoms with E-state index in [0.29, 0.717) is 6.42 Å². The highest BCUT2D eigenvalue weighted by molar-refractivity contribution is 8.00. The second-order valence-electron chi connectivity index (χ2n) is 4.72. The van der Waals surface area contributed by atoms with E-state index in [1.165, 1.54) is 11.8 Å². The van der Waals surface area contributed by atoms with Crippen LogP contribution in [0.2, 0.25) is 0 Å². The molecule has 0 heterocycles. The minimum Gasteiger partial charge on any atom is -0.507 e. The normalized spacial score (nSPS) is 12.4. The van der Waals surface area contributed by atoms with Crippen LogP contribution in [0.5, 0.6) is 5.75 Å². The summed E-state index contributed by atoms with van der Waals surface area (Å²) in [6.45, 7) is 2.06. The lowest BCUT2D eigenvalue weighted by Crippen LogP contribution is -2.16. The van der Waals surface area contributed by atoms with Gasteiger partial charge in [0.2, 0.25) is 0 Å². The molecule has 0 radical (unpaired) electrons. The van der Waals surface area contributed by atoms with Crippen molar-refractivity contribution in [1.29, 1.82) is 0 Å². The monoisotopic (exact) mass is 290 g/mol. The number of aliphatic carboxylic acids is 1. The van der Waals surface area contributed by atoms with Gasteiger partial charge in [0.15, 0.2) is 0 Å². The fourth-order valence-electron chi connectivity index (χ4n) is 2.13. The highest BCUT2D eigenvalue weighted by atomic mass is 32.2. The van der Waals surface area contributed by atoms with Crippen molar-refractivity contribution in [2.45, 2.75) is 36.3 Å². The molecule has 1 atom stereocenters. The molecule has 0 saturated heterocycles. The molecule has 0 aliphatic heterocycles. The van der Waals surface area contributed by atoms with Gasteiger partial charge in [-0.3, -0.25) is 4.79 Å². The minimum absolute atomic E-state index is 0.227. The van der Waals surface area contributed by atoms with Crippen LogP contribution in [0.1, 0.15) is 26.2 Å². The molecule has 106 valence electrons. The maximum absolute atomic E-state index is 11.3. The van der Waals surface area contributed by atoms with Gasteiger partial charge in [0.25, 0.3) is 0 Å². The van der Waals surface area contributed by atoms with Crippen molar-refractivity contribution in [3.8, 4) is 5.75 Å². The molecule has 2 aromatic carbocycles. The molecule has 0 bridgehead atoms. The van der Waals surface area contributed by atoms with Gasteiger partial charge in [0, 0.05) is 10.3 Å². The molecule has 2 aromatic rings. The van der Waals surface area contributed by atoms with Crippen LogP contribution in [0, 0.1) is 0 Å². The highest BCUT2D eigenvalue weighted by Crippen LogP contribution is 2.36. The van der Waals surface area contributed by atoms with Crippen molar-refractivity contribution in [2.24, 2.45) is 0 Å². The van der Waals surface area contributed by atoms with Gasteiger partial charge in [-0.2, -0.15) is 0 Å². The molecule has 1 unspecified atom stereocenters. The smallest absolute Gasteiger partial charge is 0.316 e. The first kappa shape index (κ1) is 14.7. The zero-order valence-corrected chi connectivity index (χ0v) is 12.2. The fraction of sp³-hybridized carbons (Fsp3) is 0.312. The summed E-state index contributed by atoms with van der Waals surface area (Å²) in [7, 11) is 0. The van der Waals surface area contributed by atoms with E-state index in [1.807, 2.05) is 24.3 Å².